The lowest BCUT2D eigenvalue weighted by atomic mass is 10.1. The smallest absolute Gasteiger partial charge is 0.226 e. The fraction of sp³-hybridized carbons (Fsp3) is 0.333. The zero-order valence-corrected chi connectivity index (χ0v) is 13.8. The van der Waals surface area contributed by atoms with E-state index in [0.29, 0.717) is 24.5 Å². The molecule has 0 saturated heterocycles. The zero-order chi connectivity index (χ0) is 14.5. The largest absolute Gasteiger partial charge is 0.330 e. The van der Waals surface area contributed by atoms with Gasteiger partial charge in [0.2, 0.25) is 5.91 Å². The summed E-state index contributed by atoms with van der Waals surface area (Å²) in [7, 11) is 0. The van der Waals surface area contributed by atoms with Crippen molar-refractivity contribution in [3.05, 3.63) is 34.7 Å². The van der Waals surface area contributed by atoms with E-state index in [1.165, 1.54) is 22.5 Å². The molecular weight excluding hydrogens is 306 g/mol. The van der Waals surface area contributed by atoms with Gasteiger partial charge in [-0.3, -0.25) is 4.79 Å². The van der Waals surface area contributed by atoms with Crippen LogP contribution in [0, 0.1) is 13.8 Å². The lowest BCUT2D eigenvalue weighted by Crippen LogP contribution is -2.13. The van der Waals surface area contributed by atoms with Gasteiger partial charge in [0.25, 0.3) is 0 Å². The summed E-state index contributed by atoms with van der Waals surface area (Å²) in [5.74, 6) is -0.0311. The number of hydrogen-bond donors (Lipinski definition) is 2. The lowest BCUT2D eigenvalue weighted by Gasteiger charge is -2.02. The molecule has 0 aliphatic rings. The standard InChI is InChI=1S/C15H19N3OS.ClH/c1-10-5-6-12(8-11(10)2)13-9-20-15(17-13)18-14(19)4-3-7-16;/h5-6,8-9H,3-4,7,16H2,1-2H3,(H,17,18,19);1H. The number of rotatable bonds is 5. The second-order valence-corrected chi connectivity index (χ2v) is 5.64. The monoisotopic (exact) mass is 325 g/mol. The maximum absolute atomic E-state index is 11.6. The Hall–Kier alpha value is -1.43. The molecule has 0 atom stereocenters. The minimum Gasteiger partial charge on any atom is -0.330 e. The third kappa shape index (κ3) is 4.81. The number of amides is 1. The maximum Gasteiger partial charge on any atom is 0.226 e. The number of aromatic nitrogens is 1. The molecule has 4 nitrogen and oxygen atoms in total. The van der Waals surface area contributed by atoms with Gasteiger partial charge in [0.1, 0.15) is 0 Å². The Morgan fingerprint density at radius 1 is 1.33 bits per heavy atom. The van der Waals surface area contributed by atoms with E-state index < -0.39 is 0 Å². The fourth-order valence-electron chi connectivity index (χ4n) is 1.81. The highest BCUT2D eigenvalue weighted by Crippen LogP contribution is 2.26. The third-order valence-electron chi connectivity index (χ3n) is 3.16. The van der Waals surface area contributed by atoms with Crippen molar-refractivity contribution in [2.24, 2.45) is 5.73 Å². The molecule has 3 N–H and O–H groups in total. The summed E-state index contributed by atoms with van der Waals surface area (Å²) in [4.78, 5) is 16.1. The molecule has 114 valence electrons. The summed E-state index contributed by atoms with van der Waals surface area (Å²) in [5, 5.41) is 5.41. The Morgan fingerprint density at radius 3 is 2.76 bits per heavy atom. The molecule has 0 saturated carbocycles. The van der Waals surface area contributed by atoms with Crippen molar-refractivity contribution in [3.8, 4) is 11.3 Å². The molecule has 6 heteroatoms. The van der Waals surface area contributed by atoms with Crippen molar-refractivity contribution >= 4 is 34.8 Å². The number of benzene rings is 1. The van der Waals surface area contributed by atoms with Crippen LogP contribution in [-0.4, -0.2) is 17.4 Å². The van der Waals surface area contributed by atoms with Gasteiger partial charge < -0.3 is 11.1 Å². The van der Waals surface area contributed by atoms with Crippen LogP contribution in [0.2, 0.25) is 0 Å². The molecule has 0 aliphatic carbocycles. The summed E-state index contributed by atoms with van der Waals surface area (Å²) in [6, 6.07) is 6.26. The van der Waals surface area contributed by atoms with Gasteiger partial charge >= 0.3 is 0 Å². The second-order valence-electron chi connectivity index (χ2n) is 4.78. The molecule has 0 aliphatic heterocycles. The molecule has 1 aromatic carbocycles. The summed E-state index contributed by atoms with van der Waals surface area (Å²) in [6.45, 7) is 4.70. The van der Waals surface area contributed by atoms with E-state index in [0.717, 1.165) is 11.3 Å². The fourth-order valence-corrected chi connectivity index (χ4v) is 2.54. The molecule has 0 fully saturated rings. The first-order valence-corrected chi connectivity index (χ1v) is 7.51. The molecule has 2 aromatic rings. The van der Waals surface area contributed by atoms with Crippen LogP contribution in [0.25, 0.3) is 11.3 Å². The van der Waals surface area contributed by atoms with Crippen molar-refractivity contribution in [1.82, 2.24) is 4.98 Å². The predicted molar refractivity (Wildman–Crippen MR) is 91.2 cm³/mol. The SMILES string of the molecule is Cc1ccc(-c2csc(NC(=O)CCCN)n2)cc1C.Cl. The average molecular weight is 326 g/mol. The van der Waals surface area contributed by atoms with E-state index in [1.54, 1.807) is 0 Å². The first kappa shape index (κ1) is 17.6. The van der Waals surface area contributed by atoms with Gasteiger partial charge in [-0.25, -0.2) is 4.98 Å². The lowest BCUT2D eigenvalue weighted by molar-refractivity contribution is -0.116. The number of aryl methyl sites for hydroxylation is 2. The van der Waals surface area contributed by atoms with Gasteiger partial charge in [-0.15, -0.1) is 23.7 Å². The molecule has 0 spiro atoms. The first-order valence-electron chi connectivity index (χ1n) is 6.63. The molecule has 2 rings (SSSR count). The van der Waals surface area contributed by atoms with E-state index in [-0.39, 0.29) is 18.3 Å². The number of carbonyl (C=O) groups excluding carboxylic acids is 1. The number of halogens is 1. The van der Waals surface area contributed by atoms with Gasteiger partial charge in [-0.1, -0.05) is 12.1 Å². The summed E-state index contributed by atoms with van der Waals surface area (Å²) >= 11 is 1.44. The van der Waals surface area contributed by atoms with Crippen LogP contribution >= 0.6 is 23.7 Å². The van der Waals surface area contributed by atoms with Crippen molar-refractivity contribution in [2.45, 2.75) is 26.7 Å². The third-order valence-corrected chi connectivity index (χ3v) is 3.92. The molecular formula is C15H20ClN3OS. The number of nitrogens with two attached hydrogens (primary N) is 1. The van der Waals surface area contributed by atoms with Crippen LogP contribution in [0.3, 0.4) is 0 Å². The number of hydrogen-bond acceptors (Lipinski definition) is 4. The Kier molecular flexibility index (Phi) is 6.81. The minimum atomic E-state index is -0.0311. The Morgan fingerprint density at radius 2 is 2.10 bits per heavy atom. The zero-order valence-electron chi connectivity index (χ0n) is 12.2. The quantitative estimate of drug-likeness (QED) is 0.883. The molecule has 1 aromatic heterocycles. The van der Waals surface area contributed by atoms with Crippen LogP contribution in [-0.2, 0) is 4.79 Å². The molecule has 1 heterocycles. The normalized spacial score (nSPS) is 10.0. The van der Waals surface area contributed by atoms with Crippen LogP contribution in [0.1, 0.15) is 24.0 Å². The summed E-state index contributed by atoms with van der Waals surface area (Å²) < 4.78 is 0. The van der Waals surface area contributed by atoms with Gasteiger partial charge in [-0.2, -0.15) is 0 Å². The maximum atomic E-state index is 11.6. The van der Waals surface area contributed by atoms with Crippen molar-refractivity contribution in [2.75, 3.05) is 11.9 Å². The average Bonchev–Trinajstić information content (AvgIpc) is 2.88. The number of anilines is 1. The van der Waals surface area contributed by atoms with E-state index in [9.17, 15) is 4.79 Å². The summed E-state index contributed by atoms with van der Waals surface area (Å²) in [5.41, 5.74) is 9.86. The summed E-state index contributed by atoms with van der Waals surface area (Å²) in [6.07, 6.45) is 1.14. The van der Waals surface area contributed by atoms with Crippen molar-refractivity contribution < 1.29 is 4.79 Å². The molecule has 0 bridgehead atoms. The van der Waals surface area contributed by atoms with Crippen LogP contribution in [0.15, 0.2) is 23.6 Å². The molecule has 1 amide bonds. The van der Waals surface area contributed by atoms with Crippen LogP contribution < -0.4 is 11.1 Å². The van der Waals surface area contributed by atoms with Crippen molar-refractivity contribution in [3.63, 3.8) is 0 Å². The Balaban J connectivity index is 0.00000220. The van der Waals surface area contributed by atoms with Crippen LogP contribution in [0.5, 0.6) is 0 Å². The predicted octanol–water partition coefficient (Wildman–Crippen LogP) is 3.53. The highest BCUT2D eigenvalue weighted by molar-refractivity contribution is 7.14. The Labute approximate surface area is 135 Å². The van der Waals surface area contributed by atoms with Gasteiger partial charge in [-0.05, 0) is 44.0 Å². The topological polar surface area (TPSA) is 68.0 Å². The molecule has 21 heavy (non-hydrogen) atoms. The van der Waals surface area contributed by atoms with E-state index in [4.69, 9.17) is 5.73 Å². The number of carbonyl (C=O) groups is 1. The second kappa shape index (κ2) is 8.12. The minimum absolute atomic E-state index is 0. The highest BCUT2D eigenvalue weighted by atomic mass is 35.5. The number of nitrogens with one attached hydrogen (secondary N) is 1. The number of nitrogens with zero attached hydrogens (tertiary/aromatic N) is 1. The highest BCUT2D eigenvalue weighted by Gasteiger charge is 2.08. The van der Waals surface area contributed by atoms with Crippen LogP contribution in [0.4, 0.5) is 5.13 Å². The van der Waals surface area contributed by atoms with Gasteiger partial charge in [0.15, 0.2) is 5.13 Å². The number of thiazole rings is 1. The van der Waals surface area contributed by atoms with Gasteiger partial charge in [0, 0.05) is 17.4 Å². The molecule has 0 unspecified atom stereocenters. The van der Waals surface area contributed by atoms with E-state index in [2.05, 4.69) is 42.3 Å². The van der Waals surface area contributed by atoms with Gasteiger partial charge in [0.05, 0.1) is 5.69 Å². The van der Waals surface area contributed by atoms with E-state index >= 15 is 0 Å². The Bertz CT molecular complexity index is 613. The van der Waals surface area contributed by atoms with Crippen molar-refractivity contribution in [1.29, 1.82) is 0 Å². The first-order chi connectivity index (χ1) is 9.60. The molecule has 0 radical (unpaired) electrons. The van der Waals surface area contributed by atoms with E-state index in [1.807, 2.05) is 5.38 Å².